The molecule has 2 aromatic carbocycles. The predicted octanol–water partition coefficient (Wildman–Crippen LogP) is 3.61. The molecule has 0 aliphatic carbocycles. The number of esters is 1. The predicted molar refractivity (Wildman–Crippen MR) is 103 cm³/mol. The largest absolute Gasteiger partial charge is 0.496 e. The van der Waals surface area contributed by atoms with E-state index < -0.39 is 0 Å². The SMILES string of the molecule is COc1ccccc1CCC(=O)OCc1ccc(C(=O)N2CCCC2)cc1. The topological polar surface area (TPSA) is 55.8 Å². The molecule has 0 bridgehead atoms. The van der Waals surface area contributed by atoms with E-state index in [1.807, 2.05) is 41.3 Å². The van der Waals surface area contributed by atoms with E-state index in [1.54, 1.807) is 19.2 Å². The van der Waals surface area contributed by atoms with Gasteiger partial charge in [-0.1, -0.05) is 30.3 Å². The minimum Gasteiger partial charge on any atom is -0.496 e. The maximum atomic E-state index is 12.3. The van der Waals surface area contributed by atoms with Crippen LogP contribution in [0.5, 0.6) is 5.75 Å². The van der Waals surface area contributed by atoms with E-state index >= 15 is 0 Å². The number of nitrogens with zero attached hydrogens (tertiary/aromatic N) is 1. The molecular weight excluding hydrogens is 342 g/mol. The third-order valence-corrected chi connectivity index (χ3v) is 4.78. The second-order valence-electron chi connectivity index (χ2n) is 6.67. The molecule has 27 heavy (non-hydrogen) atoms. The van der Waals surface area contributed by atoms with Crippen LogP contribution in [0.25, 0.3) is 0 Å². The number of likely N-dealkylation sites (tertiary alicyclic amines) is 1. The first-order valence-corrected chi connectivity index (χ1v) is 9.33. The lowest BCUT2D eigenvalue weighted by molar-refractivity contribution is -0.144. The average Bonchev–Trinajstić information content (AvgIpc) is 3.25. The highest BCUT2D eigenvalue weighted by Gasteiger charge is 2.19. The summed E-state index contributed by atoms with van der Waals surface area (Å²) in [6, 6.07) is 15.0. The van der Waals surface area contributed by atoms with Gasteiger partial charge in [-0.25, -0.2) is 0 Å². The van der Waals surface area contributed by atoms with Crippen LogP contribution in [0.15, 0.2) is 48.5 Å². The van der Waals surface area contributed by atoms with Crippen molar-refractivity contribution < 1.29 is 19.1 Å². The minimum atomic E-state index is -0.252. The molecule has 1 fully saturated rings. The van der Waals surface area contributed by atoms with Crippen molar-refractivity contribution in [3.8, 4) is 5.75 Å². The summed E-state index contributed by atoms with van der Waals surface area (Å²) >= 11 is 0. The minimum absolute atomic E-state index is 0.0767. The Kier molecular flexibility index (Phi) is 6.47. The van der Waals surface area contributed by atoms with Crippen molar-refractivity contribution in [3.05, 3.63) is 65.2 Å². The van der Waals surface area contributed by atoms with E-state index in [4.69, 9.17) is 9.47 Å². The molecule has 0 N–H and O–H groups in total. The summed E-state index contributed by atoms with van der Waals surface area (Å²) in [4.78, 5) is 26.2. The first-order valence-electron chi connectivity index (χ1n) is 9.33. The Morgan fingerprint density at radius 2 is 1.70 bits per heavy atom. The molecule has 0 unspecified atom stereocenters. The molecule has 0 aromatic heterocycles. The number of hydrogen-bond acceptors (Lipinski definition) is 4. The Bertz CT molecular complexity index is 779. The summed E-state index contributed by atoms with van der Waals surface area (Å²) in [5, 5.41) is 0. The van der Waals surface area contributed by atoms with Gasteiger partial charge in [-0.2, -0.15) is 0 Å². The number of hydrogen-bond donors (Lipinski definition) is 0. The molecule has 2 aromatic rings. The Balaban J connectivity index is 1.46. The third-order valence-electron chi connectivity index (χ3n) is 4.78. The van der Waals surface area contributed by atoms with E-state index in [0.29, 0.717) is 18.4 Å². The van der Waals surface area contributed by atoms with Crippen molar-refractivity contribution in [2.75, 3.05) is 20.2 Å². The summed E-state index contributed by atoms with van der Waals surface area (Å²) in [5.74, 6) is 0.606. The van der Waals surface area contributed by atoms with Gasteiger partial charge in [-0.05, 0) is 48.6 Å². The van der Waals surface area contributed by atoms with Crippen molar-refractivity contribution >= 4 is 11.9 Å². The lowest BCUT2D eigenvalue weighted by Gasteiger charge is -2.15. The Labute approximate surface area is 159 Å². The fraction of sp³-hybridized carbons (Fsp3) is 0.364. The van der Waals surface area contributed by atoms with Crippen molar-refractivity contribution in [1.29, 1.82) is 0 Å². The van der Waals surface area contributed by atoms with E-state index in [9.17, 15) is 9.59 Å². The van der Waals surface area contributed by atoms with Gasteiger partial charge in [0, 0.05) is 25.1 Å². The van der Waals surface area contributed by atoms with Gasteiger partial charge in [0.25, 0.3) is 5.91 Å². The van der Waals surface area contributed by atoms with Gasteiger partial charge in [0.1, 0.15) is 12.4 Å². The van der Waals surface area contributed by atoms with Crippen molar-refractivity contribution in [3.63, 3.8) is 0 Å². The monoisotopic (exact) mass is 367 g/mol. The summed E-state index contributed by atoms with van der Waals surface area (Å²) < 4.78 is 10.6. The first kappa shape index (κ1) is 19.0. The van der Waals surface area contributed by atoms with Crippen molar-refractivity contribution in [1.82, 2.24) is 4.90 Å². The third kappa shape index (κ3) is 5.09. The fourth-order valence-corrected chi connectivity index (χ4v) is 3.23. The van der Waals surface area contributed by atoms with Crippen LogP contribution in [0.3, 0.4) is 0 Å². The lowest BCUT2D eigenvalue weighted by Crippen LogP contribution is -2.27. The van der Waals surface area contributed by atoms with Gasteiger partial charge in [-0.15, -0.1) is 0 Å². The van der Waals surface area contributed by atoms with Crippen LogP contribution in [0.1, 0.15) is 40.7 Å². The number of rotatable bonds is 7. The van der Waals surface area contributed by atoms with Crippen LogP contribution in [-0.2, 0) is 22.6 Å². The Hall–Kier alpha value is -2.82. The van der Waals surface area contributed by atoms with Gasteiger partial charge >= 0.3 is 5.97 Å². The zero-order valence-electron chi connectivity index (χ0n) is 15.6. The van der Waals surface area contributed by atoms with Gasteiger partial charge in [-0.3, -0.25) is 9.59 Å². The summed E-state index contributed by atoms with van der Waals surface area (Å²) in [6.07, 6.45) is 3.03. The van der Waals surface area contributed by atoms with Gasteiger partial charge in [0.05, 0.1) is 7.11 Å². The maximum Gasteiger partial charge on any atom is 0.306 e. The Morgan fingerprint density at radius 3 is 2.41 bits per heavy atom. The first-order chi connectivity index (χ1) is 13.2. The summed E-state index contributed by atoms with van der Waals surface area (Å²) in [5.41, 5.74) is 2.54. The molecule has 0 radical (unpaired) electrons. The molecule has 5 heteroatoms. The number of benzene rings is 2. The molecule has 1 aliphatic rings. The van der Waals surface area contributed by atoms with E-state index in [2.05, 4.69) is 0 Å². The molecule has 0 spiro atoms. The highest BCUT2D eigenvalue weighted by molar-refractivity contribution is 5.94. The van der Waals surface area contributed by atoms with Crippen LogP contribution in [-0.4, -0.2) is 37.0 Å². The number of aryl methyl sites for hydroxylation is 1. The molecule has 0 atom stereocenters. The lowest BCUT2D eigenvalue weighted by atomic mass is 10.1. The smallest absolute Gasteiger partial charge is 0.306 e. The Morgan fingerprint density at radius 1 is 1.00 bits per heavy atom. The van der Waals surface area contributed by atoms with Crippen LogP contribution in [0, 0.1) is 0 Å². The average molecular weight is 367 g/mol. The molecule has 1 heterocycles. The van der Waals surface area contributed by atoms with Crippen LogP contribution >= 0.6 is 0 Å². The quantitative estimate of drug-likeness (QED) is 0.702. The van der Waals surface area contributed by atoms with Gasteiger partial charge in [0.2, 0.25) is 0 Å². The molecule has 1 amide bonds. The summed E-state index contributed by atoms with van der Waals surface area (Å²) in [7, 11) is 1.62. The fourth-order valence-electron chi connectivity index (χ4n) is 3.23. The molecule has 1 aliphatic heterocycles. The maximum absolute atomic E-state index is 12.3. The zero-order valence-corrected chi connectivity index (χ0v) is 15.6. The number of carbonyl (C=O) groups excluding carboxylic acids is 2. The molecule has 3 rings (SSSR count). The highest BCUT2D eigenvalue weighted by atomic mass is 16.5. The van der Waals surface area contributed by atoms with E-state index in [0.717, 1.165) is 42.8 Å². The zero-order chi connectivity index (χ0) is 19.1. The molecule has 142 valence electrons. The normalized spacial score (nSPS) is 13.4. The molecule has 1 saturated heterocycles. The second-order valence-corrected chi connectivity index (χ2v) is 6.67. The van der Waals surface area contributed by atoms with Gasteiger partial charge < -0.3 is 14.4 Å². The van der Waals surface area contributed by atoms with Crippen LogP contribution < -0.4 is 4.74 Å². The van der Waals surface area contributed by atoms with Crippen LogP contribution in [0.4, 0.5) is 0 Å². The van der Waals surface area contributed by atoms with Gasteiger partial charge in [0.15, 0.2) is 0 Å². The van der Waals surface area contributed by atoms with Crippen LogP contribution in [0.2, 0.25) is 0 Å². The number of ether oxygens (including phenoxy) is 2. The number of para-hydroxylation sites is 1. The molecule has 0 saturated carbocycles. The van der Waals surface area contributed by atoms with Crippen molar-refractivity contribution in [2.24, 2.45) is 0 Å². The highest BCUT2D eigenvalue weighted by Crippen LogP contribution is 2.19. The van der Waals surface area contributed by atoms with Crippen molar-refractivity contribution in [2.45, 2.75) is 32.3 Å². The van der Waals surface area contributed by atoms with E-state index in [1.165, 1.54) is 0 Å². The molecule has 5 nitrogen and oxygen atoms in total. The number of amides is 1. The van der Waals surface area contributed by atoms with E-state index in [-0.39, 0.29) is 18.5 Å². The molecular formula is C22H25NO4. The number of methoxy groups -OCH3 is 1. The number of carbonyl (C=O) groups is 2. The summed E-state index contributed by atoms with van der Waals surface area (Å²) in [6.45, 7) is 1.89. The second kappa shape index (κ2) is 9.21. The standard InChI is InChI=1S/C22H25NO4/c1-26-20-7-3-2-6-18(20)12-13-21(24)27-16-17-8-10-19(11-9-17)22(25)23-14-4-5-15-23/h2-3,6-11H,4-5,12-16H2,1H3.